The van der Waals surface area contributed by atoms with Gasteiger partial charge in [0.05, 0.1) is 58.5 Å². The molecule has 0 saturated heterocycles. The average Bonchev–Trinajstić information content (AvgIpc) is 1.16. The topological polar surface area (TPSA) is 201 Å². The molecule has 0 unspecified atom stereocenters. The first kappa shape index (κ1) is 81.9. The van der Waals surface area contributed by atoms with Crippen LogP contribution in [0.1, 0.15) is 273 Å². The Balaban J connectivity index is 0.000000261. The van der Waals surface area contributed by atoms with E-state index in [1.54, 1.807) is 0 Å². The number of hydrogen-bond acceptors (Lipinski definition) is 14. The molecule has 11 rings (SSSR count). The number of aliphatic imine (C=N–C) groups is 1. The third kappa shape index (κ3) is 18.4. The standard InChI is InChI=1S/C29H32N2.C26H37N3O3.C25H35N3O3.CO2.3CH4/c1-19-12-13-25-24(16-19)30-27(20-10-8-7-9-11-20)21-17-22-23(18-26(21)31(25)6)29(4,5)15-14-28(22,2)3;1-7-8-9-10-13-32-22-15-20-19(25(2,3)11-12-26(20,4)5)14-21(22)29(6)24-27-16-18(17-28-24)23(30)31;1-7-8-9-12-31-21-14-19-18(24(2,3)10-11-25(19,4)5)13-20(21)28(6)23-26-15-17(16-27-23)22(29)30;2-1-3;;;/h7-13,16-18H,14-15H2,1-6H3;14-17H,7-13H2,1-6H3,(H,30,31);13-16H,7-12H2,1-6H3,(H,29,30);;3*1H4. The van der Waals surface area contributed by atoms with Gasteiger partial charge in [0, 0.05) is 57.1 Å². The predicted molar refractivity (Wildman–Crippen MR) is 410 cm³/mol. The summed E-state index contributed by atoms with van der Waals surface area (Å²) in [6, 6.07) is 31.0. The molecule has 1 aliphatic heterocycles. The van der Waals surface area contributed by atoms with Crippen molar-refractivity contribution in [1.29, 1.82) is 0 Å². The fourth-order valence-corrected chi connectivity index (χ4v) is 13.8. The number of rotatable bonds is 18. The number of aromatic carboxylic acids is 2. The number of carbonyl (C=O) groups is 2. The van der Waals surface area contributed by atoms with Gasteiger partial charge in [-0.15, -0.1) is 0 Å². The van der Waals surface area contributed by atoms with Crippen LogP contribution < -0.4 is 24.2 Å². The Morgan fingerprint density at radius 1 is 0.500 bits per heavy atom. The third-order valence-electron chi connectivity index (χ3n) is 20.6. The van der Waals surface area contributed by atoms with Gasteiger partial charge in [0.2, 0.25) is 11.9 Å². The molecule has 100 heavy (non-hydrogen) atoms. The smallest absolute Gasteiger partial charge is 0.373 e. The lowest BCUT2D eigenvalue weighted by Crippen LogP contribution is -2.34. The van der Waals surface area contributed by atoms with Crippen molar-refractivity contribution in [1.82, 2.24) is 19.9 Å². The average molecular weight is 1370 g/mol. The van der Waals surface area contributed by atoms with Crippen LogP contribution in [0.5, 0.6) is 11.5 Å². The number of ether oxygens (including phenoxy) is 2. The summed E-state index contributed by atoms with van der Waals surface area (Å²) in [5, 5.41) is 18.3. The predicted octanol–water partition coefficient (Wildman–Crippen LogP) is 21.0. The second kappa shape index (κ2) is 33.6. The molecule has 3 aliphatic carbocycles. The van der Waals surface area contributed by atoms with Gasteiger partial charge in [-0.3, -0.25) is 0 Å². The van der Waals surface area contributed by atoms with Crippen LogP contribution in [0.25, 0.3) is 0 Å². The molecule has 3 heterocycles. The lowest BCUT2D eigenvalue weighted by Gasteiger charge is -2.43. The van der Waals surface area contributed by atoms with E-state index in [9.17, 15) is 9.59 Å². The number of nitrogens with zero attached hydrogens (tertiary/aromatic N) is 8. The van der Waals surface area contributed by atoms with Crippen molar-refractivity contribution in [3.63, 3.8) is 0 Å². The summed E-state index contributed by atoms with van der Waals surface area (Å²) in [6.45, 7) is 35.9. The molecule has 0 spiro atoms. The molecule has 0 saturated carbocycles. The van der Waals surface area contributed by atoms with Gasteiger partial charge < -0.3 is 34.4 Å². The van der Waals surface area contributed by atoms with Crippen molar-refractivity contribution in [2.75, 3.05) is 49.1 Å². The maximum atomic E-state index is 11.2. The van der Waals surface area contributed by atoms with Gasteiger partial charge in [0.1, 0.15) is 11.5 Å². The highest BCUT2D eigenvalue weighted by Crippen LogP contribution is 2.53. The van der Waals surface area contributed by atoms with Crippen LogP contribution >= 0.6 is 0 Å². The lowest BCUT2D eigenvalue weighted by atomic mass is 9.62. The quantitative estimate of drug-likeness (QED) is 0.0768. The van der Waals surface area contributed by atoms with E-state index >= 15 is 0 Å². The fourth-order valence-electron chi connectivity index (χ4n) is 13.8. The van der Waals surface area contributed by atoms with Crippen LogP contribution in [-0.2, 0) is 42.1 Å². The summed E-state index contributed by atoms with van der Waals surface area (Å²) in [6.07, 6.45) is 20.4. The number of hydrogen-bond donors (Lipinski definition) is 2. The first-order valence-corrected chi connectivity index (χ1v) is 34.6. The molecular formula is C84H116N8O8. The molecule has 16 nitrogen and oxygen atoms in total. The maximum Gasteiger partial charge on any atom is 0.373 e. The Morgan fingerprint density at radius 3 is 1.25 bits per heavy atom. The van der Waals surface area contributed by atoms with Crippen molar-refractivity contribution < 1.29 is 38.9 Å². The minimum Gasteiger partial charge on any atom is -0.491 e. The summed E-state index contributed by atoms with van der Waals surface area (Å²) in [5.74, 6) is 0.475. The van der Waals surface area contributed by atoms with Crippen LogP contribution in [0.2, 0.25) is 0 Å². The van der Waals surface area contributed by atoms with E-state index in [1.807, 2.05) is 23.9 Å². The number of carboxylic acid groups (broad SMARTS) is 2. The number of aromatic nitrogens is 4. The summed E-state index contributed by atoms with van der Waals surface area (Å²) >= 11 is 0. The van der Waals surface area contributed by atoms with E-state index in [0.29, 0.717) is 25.1 Å². The zero-order chi connectivity index (χ0) is 71.0. The molecule has 0 atom stereocenters. The van der Waals surface area contributed by atoms with Crippen molar-refractivity contribution in [2.24, 2.45) is 4.99 Å². The second-order valence-corrected chi connectivity index (χ2v) is 30.6. The summed E-state index contributed by atoms with van der Waals surface area (Å²) < 4.78 is 12.6. The molecule has 4 aliphatic rings. The Kier molecular flexibility index (Phi) is 27.5. The van der Waals surface area contributed by atoms with E-state index in [2.05, 4.69) is 221 Å². The van der Waals surface area contributed by atoms with Gasteiger partial charge in [-0.05, 0) is 178 Å². The van der Waals surface area contributed by atoms with Crippen molar-refractivity contribution >= 4 is 64.1 Å². The molecule has 0 bridgehead atoms. The molecule has 540 valence electrons. The number of carboxylic acids is 2. The molecule has 16 heteroatoms. The second-order valence-electron chi connectivity index (χ2n) is 30.6. The van der Waals surface area contributed by atoms with Gasteiger partial charge in [0.25, 0.3) is 0 Å². The number of aryl methyl sites for hydroxylation is 1. The number of carbonyl (C=O) groups excluding carboxylic acids is 2. The number of benzene rings is 5. The molecular weight excluding hydrogens is 1250 g/mol. The molecule has 2 aromatic heterocycles. The maximum absolute atomic E-state index is 11.2. The zero-order valence-electron chi connectivity index (χ0n) is 60.9. The summed E-state index contributed by atoms with van der Waals surface area (Å²) in [4.78, 5) is 67.1. The first-order chi connectivity index (χ1) is 45.7. The van der Waals surface area contributed by atoms with Crippen molar-refractivity contribution in [2.45, 2.75) is 242 Å². The molecule has 0 fully saturated rings. The third-order valence-corrected chi connectivity index (χ3v) is 20.6. The zero-order valence-corrected chi connectivity index (χ0v) is 60.9. The molecule has 7 aromatic rings. The minimum absolute atomic E-state index is 0. The minimum atomic E-state index is -1.04. The first-order valence-electron chi connectivity index (χ1n) is 34.6. The van der Waals surface area contributed by atoms with Crippen LogP contribution in [0.15, 0.2) is 115 Å². The highest BCUT2D eigenvalue weighted by Gasteiger charge is 2.42. The monoisotopic (exact) mass is 1360 g/mol. The fraction of sp³-hybridized carbons (Fsp3) is 0.500. The van der Waals surface area contributed by atoms with Gasteiger partial charge in [-0.25, -0.2) is 34.5 Å². The summed E-state index contributed by atoms with van der Waals surface area (Å²) in [5.41, 5.74) is 19.0. The molecule has 0 radical (unpaired) electrons. The van der Waals surface area contributed by atoms with Gasteiger partial charge in [-0.1, -0.05) is 188 Å². The van der Waals surface area contributed by atoms with E-state index in [1.165, 1.54) is 106 Å². The molecule has 0 amide bonds. The van der Waals surface area contributed by atoms with Crippen LogP contribution in [0.3, 0.4) is 0 Å². The van der Waals surface area contributed by atoms with Crippen molar-refractivity contribution in [3.05, 3.63) is 171 Å². The lowest BCUT2D eigenvalue weighted by molar-refractivity contribution is -0.191. The van der Waals surface area contributed by atoms with Crippen molar-refractivity contribution in [3.8, 4) is 11.5 Å². The Labute approximate surface area is 598 Å². The van der Waals surface area contributed by atoms with Gasteiger partial charge in [-0.2, -0.15) is 9.59 Å². The largest absolute Gasteiger partial charge is 0.491 e. The highest BCUT2D eigenvalue weighted by molar-refractivity contribution is 6.19. The van der Waals surface area contributed by atoms with Crippen LogP contribution in [0, 0.1) is 6.92 Å². The highest BCUT2D eigenvalue weighted by atomic mass is 16.5. The number of anilines is 6. The number of fused-ring (bicyclic) bond motifs is 5. The Bertz CT molecular complexity index is 4000. The van der Waals surface area contributed by atoms with Gasteiger partial charge >= 0.3 is 18.1 Å². The van der Waals surface area contributed by atoms with E-state index < -0.39 is 11.9 Å². The molecule has 5 aromatic carbocycles. The van der Waals surface area contributed by atoms with E-state index in [-0.39, 0.29) is 72.0 Å². The summed E-state index contributed by atoms with van der Waals surface area (Å²) in [7, 11) is 5.99. The Morgan fingerprint density at radius 2 is 0.860 bits per heavy atom. The normalized spacial score (nSPS) is 16.1. The van der Waals surface area contributed by atoms with Crippen LogP contribution in [0.4, 0.5) is 40.3 Å². The number of unbranched alkanes of at least 4 members (excludes halogenated alkanes) is 5. The molecule has 2 N–H and O–H groups in total. The van der Waals surface area contributed by atoms with E-state index in [0.717, 1.165) is 97.7 Å². The van der Waals surface area contributed by atoms with Gasteiger partial charge in [0.15, 0.2) is 0 Å². The SMILES string of the molecule is C.C.C.CCCCCCOc1cc2c(cc1N(C)c1ncc(C(=O)O)cn1)C(C)(C)CCC2(C)C.CCCCCOc1cc2c(cc1N(C)c1ncc(C(=O)O)cn1)C(C)(C)CCC2(C)C.Cc1ccc2c(c1)N=C(c1ccccc1)c1cc3c(cc1N2C)C(C)(C)CCC3(C)C.O=C=O. The Hall–Kier alpha value is -8.75. The van der Waals surface area contributed by atoms with Crippen LogP contribution in [-0.4, -0.2) is 88.3 Å². The van der Waals surface area contributed by atoms with E-state index in [4.69, 9.17) is 34.3 Å².